The highest BCUT2D eigenvalue weighted by molar-refractivity contribution is 6.32. The third-order valence-corrected chi connectivity index (χ3v) is 6.53. The summed E-state index contributed by atoms with van der Waals surface area (Å²) in [6.07, 6.45) is -4.17. The van der Waals surface area contributed by atoms with Crippen molar-refractivity contribution >= 4 is 11.6 Å². The Bertz CT molecular complexity index is 931. The number of benzene rings is 2. The summed E-state index contributed by atoms with van der Waals surface area (Å²) in [4.78, 5) is 0. The molecule has 0 bridgehead atoms. The molecule has 2 aliphatic heterocycles. The maximum Gasteiger partial charge on any atom is 0.129 e. The predicted molar refractivity (Wildman–Crippen MR) is 118 cm³/mol. The van der Waals surface area contributed by atoms with E-state index in [0.29, 0.717) is 36.0 Å². The number of halogens is 1. The van der Waals surface area contributed by atoms with E-state index in [1.165, 1.54) is 0 Å². The van der Waals surface area contributed by atoms with Gasteiger partial charge in [-0.25, -0.2) is 0 Å². The molecule has 1 fully saturated rings. The van der Waals surface area contributed by atoms with E-state index >= 15 is 0 Å². The van der Waals surface area contributed by atoms with Gasteiger partial charge in [0, 0.05) is 11.1 Å². The maximum atomic E-state index is 10.7. The number of hydrogen-bond acceptors (Lipinski definition) is 7. The van der Waals surface area contributed by atoms with Gasteiger partial charge in [-0.2, -0.15) is 0 Å². The molecule has 5 atom stereocenters. The molecule has 174 valence electrons. The molecule has 8 heteroatoms. The molecule has 0 amide bonds. The van der Waals surface area contributed by atoms with Gasteiger partial charge in [0.05, 0.1) is 24.8 Å². The van der Waals surface area contributed by atoms with Crippen LogP contribution in [-0.4, -0.2) is 64.7 Å². The van der Waals surface area contributed by atoms with Crippen LogP contribution in [0.15, 0.2) is 30.3 Å². The van der Waals surface area contributed by atoms with Gasteiger partial charge < -0.3 is 34.6 Å². The molecular weight excluding hydrogens is 436 g/mol. The lowest BCUT2D eigenvalue weighted by molar-refractivity contribution is -0.232. The van der Waals surface area contributed by atoms with E-state index < -0.39 is 37.1 Å². The van der Waals surface area contributed by atoms with Crippen molar-refractivity contribution in [1.29, 1.82) is 0 Å². The van der Waals surface area contributed by atoms with Gasteiger partial charge in [0.1, 0.15) is 42.0 Å². The number of ether oxygens (including phenoxy) is 3. The Morgan fingerprint density at radius 2 is 1.84 bits per heavy atom. The van der Waals surface area contributed by atoms with Crippen LogP contribution in [0.5, 0.6) is 11.5 Å². The Morgan fingerprint density at radius 1 is 1.09 bits per heavy atom. The van der Waals surface area contributed by atoms with Gasteiger partial charge in [-0.1, -0.05) is 23.7 Å². The second kappa shape index (κ2) is 9.95. The summed E-state index contributed by atoms with van der Waals surface area (Å²) in [6, 6.07) is 9.60. The van der Waals surface area contributed by atoms with Crippen molar-refractivity contribution in [2.75, 3.05) is 19.8 Å². The first-order valence-corrected chi connectivity index (χ1v) is 11.3. The molecule has 1 saturated heterocycles. The Kier molecular flexibility index (Phi) is 7.24. The average molecular weight is 465 g/mol. The third-order valence-electron chi connectivity index (χ3n) is 6.06. The fourth-order valence-electron chi connectivity index (χ4n) is 4.39. The summed E-state index contributed by atoms with van der Waals surface area (Å²) in [5.41, 5.74) is 3.27. The van der Waals surface area contributed by atoms with Crippen LogP contribution < -0.4 is 9.47 Å². The number of hydrogen-bond donors (Lipinski definition) is 4. The van der Waals surface area contributed by atoms with Crippen molar-refractivity contribution in [3.63, 3.8) is 0 Å². The minimum absolute atomic E-state index is 0.489. The van der Waals surface area contributed by atoms with E-state index in [-0.39, 0.29) is 0 Å². The Morgan fingerprint density at radius 3 is 2.53 bits per heavy atom. The SMILES string of the molecule is CCOc1ccc(Cc2cc([C@@H]3O[C@H](CO)[C@@H](O)[C@H](O)[C@H]3O)c3c(c2Cl)CCCO3)cc1. The largest absolute Gasteiger partial charge is 0.494 e. The first-order valence-electron chi connectivity index (χ1n) is 10.9. The number of aliphatic hydroxyl groups is 4. The summed E-state index contributed by atoms with van der Waals surface area (Å²) in [6.45, 7) is 2.55. The van der Waals surface area contributed by atoms with Crippen LogP contribution in [0.2, 0.25) is 5.02 Å². The molecule has 0 aliphatic carbocycles. The van der Waals surface area contributed by atoms with Crippen molar-refractivity contribution in [2.24, 2.45) is 0 Å². The molecule has 2 heterocycles. The molecule has 0 spiro atoms. The molecule has 0 radical (unpaired) electrons. The van der Waals surface area contributed by atoms with Crippen LogP contribution in [0, 0.1) is 0 Å². The van der Waals surface area contributed by atoms with E-state index in [1.54, 1.807) is 0 Å². The second-order valence-corrected chi connectivity index (χ2v) is 8.58. The number of rotatable bonds is 6. The molecule has 0 unspecified atom stereocenters. The monoisotopic (exact) mass is 464 g/mol. The first kappa shape index (κ1) is 23.3. The van der Waals surface area contributed by atoms with E-state index in [9.17, 15) is 20.4 Å². The van der Waals surface area contributed by atoms with Gasteiger partial charge in [-0.15, -0.1) is 0 Å². The van der Waals surface area contributed by atoms with Crippen molar-refractivity contribution in [3.05, 3.63) is 57.6 Å². The summed E-state index contributed by atoms with van der Waals surface area (Å²) >= 11 is 6.78. The fourth-order valence-corrected chi connectivity index (χ4v) is 4.69. The minimum Gasteiger partial charge on any atom is -0.494 e. The molecule has 0 saturated carbocycles. The maximum absolute atomic E-state index is 10.7. The molecular formula is C24H29ClO7. The van der Waals surface area contributed by atoms with Gasteiger partial charge in [0.15, 0.2) is 0 Å². The summed E-state index contributed by atoms with van der Waals surface area (Å²) in [5.74, 6) is 1.34. The topological polar surface area (TPSA) is 109 Å². The van der Waals surface area contributed by atoms with Crippen molar-refractivity contribution in [1.82, 2.24) is 0 Å². The quantitative estimate of drug-likeness (QED) is 0.518. The zero-order valence-corrected chi connectivity index (χ0v) is 18.7. The van der Waals surface area contributed by atoms with Gasteiger partial charge >= 0.3 is 0 Å². The van der Waals surface area contributed by atoms with Crippen LogP contribution in [0.4, 0.5) is 0 Å². The molecule has 2 aromatic rings. The lowest BCUT2D eigenvalue weighted by Crippen LogP contribution is -2.55. The van der Waals surface area contributed by atoms with Gasteiger partial charge in [0.25, 0.3) is 0 Å². The Labute approximate surface area is 192 Å². The van der Waals surface area contributed by atoms with Gasteiger partial charge in [-0.05, 0) is 55.5 Å². The van der Waals surface area contributed by atoms with Crippen LogP contribution in [-0.2, 0) is 17.6 Å². The van der Waals surface area contributed by atoms with Crippen LogP contribution in [0.3, 0.4) is 0 Å². The smallest absolute Gasteiger partial charge is 0.129 e. The van der Waals surface area contributed by atoms with Crippen LogP contribution in [0.25, 0.3) is 0 Å². The van der Waals surface area contributed by atoms with E-state index in [4.69, 9.17) is 25.8 Å². The summed E-state index contributed by atoms with van der Waals surface area (Å²) in [5, 5.41) is 41.3. The zero-order valence-electron chi connectivity index (χ0n) is 17.9. The molecule has 0 aromatic heterocycles. The molecule has 4 rings (SSSR count). The Balaban J connectivity index is 1.72. The van der Waals surface area contributed by atoms with Gasteiger partial charge in [0.2, 0.25) is 0 Å². The third kappa shape index (κ3) is 4.46. The molecule has 2 aliphatic rings. The number of fused-ring (bicyclic) bond motifs is 1. The summed E-state index contributed by atoms with van der Waals surface area (Å²) < 4.78 is 17.2. The van der Waals surface area contributed by atoms with E-state index in [0.717, 1.165) is 35.3 Å². The van der Waals surface area contributed by atoms with Crippen molar-refractivity contribution in [3.8, 4) is 11.5 Å². The standard InChI is InChI=1S/C24H29ClO7/c1-2-30-15-7-5-13(6-8-15)10-14-11-17(23-16(19(14)25)4-3-9-31-23)24-22(29)21(28)20(27)18(12-26)32-24/h5-8,11,18,20-22,24,26-29H,2-4,9-10,12H2,1H3/t18-,20-,21+,22-,24+/m1/s1. The lowest BCUT2D eigenvalue weighted by Gasteiger charge is -2.41. The first-order chi connectivity index (χ1) is 15.4. The van der Waals surface area contributed by atoms with Crippen LogP contribution in [0.1, 0.15) is 41.7 Å². The minimum atomic E-state index is -1.46. The molecule has 4 N–H and O–H groups in total. The zero-order chi connectivity index (χ0) is 22.8. The molecule has 32 heavy (non-hydrogen) atoms. The molecule has 7 nitrogen and oxygen atoms in total. The highest BCUT2D eigenvalue weighted by Gasteiger charge is 2.45. The second-order valence-electron chi connectivity index (χ2n) is 8.20. The van der Waals surface area contributed by atoms with Crippen molar-refractivity contribution in [2.45, 2.75) is 56.7 Å². The Hall–Kier alpha value is -1.87. The van der Waals surface area contributed by atoms with E-state index in [1.807, 2.05) is 37.3 Å². The summed E-state index contributed by atoms with van der Waals surface area (Å²) in [7, 11) is 0. The predicted octanol–water partition coefficient (Wildman–Crippen LogP) is 2.17. The normalized spacial score (nSPS) is 27.5. The molecule has 2 aromatic carbocycles. The van der Waals surface area contributed by atoms with Crippen LogP contribution >= 0.6 is 11.6 Å². The lowest BCUT2D eigenvalue weighted by atomic mass is 9.87. The fraction of sp³-hybridized carbons (Fsp3) is 0.500. The highest BCUT2D eigenvalue weighted by atomic mass is 35.5. The number of aliphatic hydroxyl groups excluding tert-OH is 4. The average Bonchev–Trinajstić information content (AvgIpc) is 2.81. The van der Waals surface area contributed by atoms with E-state index in [2.05, 4.69) is 0 Å². The highest BCUT2D eigenvalue weighted by Crippen LogP contribution is 2.44. The van der Waals surface area contributed by atoms with Crippen molar-refractivity contribution < 1.29 is 34.6 Å². The van der Waals surface area contributed by atoms with Gasteiger partial charge in [-0.3, -0.25) is 0 Å².